The van der Waals surface area contributed by atoms with Crippen molar-refractivity contribution < 1.29 is 22.3 Å². The highest BCUT2D eigenvalue weighted by atomic mass is 127. The molecule has 1 saturated heterocycles. The van der Waals surface area contributed by atoms with Crippen LogP contribution < -0.4 is 10.1 Å². The fraction of sp³-hybridized carbons (Fsp3) is 0.667. The van der Waals surface area contributed by atoms with E-state index >= 15 is 0 Å². The molecule has 0 radical (unpaired) electrons. The number of nitrogens with zero attached hydrogens (tertiary/aromatic N) is 3. The van der Waals surface area contributed by atoms with Gasteiger partial charge in [-0.2, -0.15) is 13.2 Å². The van der Waals surface area contributed by atoms with Gasteiger partial charge in [-0.15, -0.1) is 24.0 Å². The molecule has 5 nitrogen and oxygen atoms in total. The van der Waals surface area contributed by atoms with E-state index in [0.717, 1.165) is 18.5 Å². The first kappa shape index (κ1) is 27.7. The molecule has 0 aliphatic carbocycles. The van der Waals surface area contributed by atoms with Crippen LogP contribution >= 0.6 is 24.0 Å². The second-order valence-electron chi connectivity index (χ2n) is 7.41. The average molecular weight is 560 g/mol. The molecule has 1 aliphatic heterocycles. The smallest absolute Gasteiger partial charge is 0.401 e. The van der Waals surface area contributed by atoms with Gasteiger partial charge in [-0.05, 0) is 50.4 Å². The van der Waals surface area contributed by atoms with Gasteiger partial charge in [0, 0.05) is 26.2 Å². The van der Waals surface area contributed by atoms with E-state index in [0.29, 0.717) is 45.3 Å². The van der Waals surface area contributed by atoms with Crippen molar-refractivity contribution in [2.24, 2.45) is 10.9 Å². The molecule has 1 heterocycles. The first-order chi connectivity index (χ1) is 14.3. The van der Waals surface area contributed by atoms with Crippen LogP contribution in [-0.2, 0) is 6.54 Å². The number of alkyl halides is 3. The van der Waals surface area contributed by atoms with Crippen LogP contribution in [0.3, 0.4) is 0 Å². The summed E-state index contributed by atoms with van der Waals surface area (Å²) in [5.41, 5.74) is 0.726. The van der Waals surface area contributed by atoms with Gasteiger partial charge in [0.15, 0.2) is 17.5 Å². The van der Waals surface area contributed by atoms with E-state index in [2.05, 4.69) is 15.2 Å². The summed E-state index contributed by atoms with van der Waals surface area (Å²) in [5.74, 6) is 0.659. The molecule has 31 heavy (non-hydrogen) atoms. The zero-order valence-corrected chi connectivity index (χ0v) is 20.7. The summed E-state index contributed by atoms with van der Waals surface area (Å²) in [4.78, 5) is 8.12. The Balaban J connectivity index is 0.00000480. The number of aliphatic imine (C=N–C) groups is 1. The van der Waals surface area contributed by atoms with E-state index in [-0.39, 0.29) is 35.6 Å². The molecule has 0 aromatic heterocycles. The summed E-state index contributed by atoms with van der Waals surface area (Å²) in [6.45, 7) is 8.17. The predicted octanol–water partition coefficient (Wildman–Crippen LogP) is 4.51. The first-order valence-electron chi connectivity index (χ1n) is 10.5. The summed E-state index contributed by atoms with van der Waals surface area (Å²) in [6, 6.07) is 4.80. The Labute approximate surface area is 199 Å². The second-order valence-corrected chi connectivity index (χ2v) is 7.41. The molecular formula is C21H33F4IN4O. The Morgan fingerprint density at radius 2 is 2.03 bits per heavy atom. The first-order valence-corrected chi connectivity index (χ1v) is 10.5. The Kier molecular flexibility index (Phi) is 11.9. The Morgan fingerprint density at radius 3 is 2.61 bits per heavy atom. The molecule has 1 aliphatic rings. The highest BCUT2D eigenvalue weighted by molar-refractivity contribution is 14.0. The van der Waals surface area contributed by atoms with Crippen LogP contribution in [0.25, 0.3) is 0 Å². The molecular weight excluding hydrogens is 527 g/mol. The summed E-state index contributed by atoms with van der Waals surface area (Å²) in [5, 5.41) is 3.23. The van der Waals surface area contributed by atoms with Crippen molar-refractivity contribution in [1.29, 1.82) is 0 Å². The van der Waals surface area contributed by atoms with Gasteiger partial charge in [-0.1, -0.05) is 13.0 Å². The molecule has 0 spiro atoms. The van der Waals surface area contributed by atoms with Gasteiger partial charge in [0.2, 0.25) is 0 Å². The van der Waals surface area contributed by atoms with Gasteiger partial charge in [-0.25, -0.2) is 9.38 Å². The topological polar surface area (TPSA) is 40.1 Å². The highest BCUT2D eigenvalue weighted by Gasteiger charge is 2.33. The lowest BCUT2D eigenvalue weighted by molar-refractivity contribution is -0.146. The minimum Gasteiger partial charge on any atom is -0.491 e. The molecule has 1 N–H and O–H groups in total. The van der Waals surface area contributed by atoms with E-state index in [1.54, 1.807) is 26.0 Å². The number of hydrogen-bond donors (Lipinski definition) is 1. The van der Waals surface area contributed by atoms with E-state index < -0.39 is 18.5 Å². The number of likely N-dealkylation sites (tertiary alicyclic amines) is 1. The molecule has 10 heteroatoms. The minimum atomic E-state index is -4.18. The van der Waals surface area contributed by atoms with Crippen LogP contribution in [0.1, 0.15) is 32.8 Å². The molecule has 178 valence electrons. The maximum atomic E-state index is 14.1. The monoisotopic (exact) mass is 560 g/mol. The Morgan fingerprint density at radius 1 is 1.29 bits per heavy atom. The number of ether oxygens (including phenoxy) is 1. The highest BCUT2D eigenvalue weighted by Crippen LogP contribution is 2.22. The van der Waals surface area contributed by atoms with Crippen molar-refractivity contribution in [1.82, 2.24) is 15.1 Å². The number of rotatable bonds is 9. The molecule has 1 fully saturated rings. The van der Waals surface area contributed by atoms with Gasteiger partial charge in [0.25, 0.3) is 0 Å². The maximum absolute atomic E-state index is 14.1. The minimum absolute atomic E-state index is 0. The van der Waals surface area contributed by atoms with E-state index in [1.807, 2.05) is 6.92 Å². The predicted molar refractivity (Wildman–Crippen MR) is 126 cm³/mol. The summed E-state index contributed by atoms with van der Waals surface area (Å²) < 4.78 is 57.4. The van der Waals surface area contributed by atoms with E-state index in [9.17, 15) is 17.6 Å². The van der Waals surface area contributed by atoms with Gasteiger partial charge in [-0.3, -0.25) is 4.90 Å². The number of nitrogens with one attached hydrogen (secondary N) is 1. The standard InChI is InChI=1S/C21H32F4N4O.HI/c1-4-26-20(27-12-16-7-8-19(30-6-3)18(22)11-16)29-10-9-17(14-29)13-28(5-2)15-21(23,24)25;/h7-8,11,17H,4-6,9-10,12-15H2,1-3H3,(H,26,27);1H. The fourth-order valence-electron chi connectivity index (χ4n) is 3.61. The van der Waals surface area contributed by atoms with Crippen molar-refractivity contribution in [3.8, 4) is 5.75 Å². The molecule has 0 amide bonds. The maximum Gasteiger partial charge on any atom is 0.401 e. The molecule has 1 unspecified atom stereocenters. The van der Waals surface area contributed by atoms with Crippen LogP contribution in [0.5, 0.6) is 5.75 Å². The van der Waals surface area contributed by atoms with Gasteiger partial charge in [0.05, 0.1) is 19.7 Å². The second kappa shape index (κ2) is 13.3. The molecule has 0 bridgehead atoms. The molecule has 1 atom stereocenters. The van der Waals surface area contributed by atoms with E-state index in [1.165, 1.54) is 11.0 Å². The fourth-order valence-corrected chi connectivity index (χ4v) is 3.61. The summed E-state index contributed by atoms with van der Waals surface area (Å²) >= 11 is 0. The lowest BCUT2D eigenvalue weighted by atomic mass is 10.1. The molecule has 1 aromatic rings. The van der Waals surface area contributed by atoms with E-state index in [4.69, 9.17) is 4.74 Å². The van der Waals surface area contributed by atoms with Crippen molar-refractivity contribution in [2.45, 2.75) is 39.9 Å². The van der Waals surface area contributed by atoms with Crippen LogP contribution in [-0.4, -0.2) is 67.8 Å². The normalized spacial score (nSPS) is 17.1. The summed E-state index contributed by atoms with van der Waals surface area (Å²) in [7, 11) is 0. The third-order valence-corrected chi connectivity index (χ3v) is 4.99. The number of benzene rings is 1. The lowest BCUT2D eigenvalue weighted by Crippen LogP contribution is -2.41. The Hall–Kier alpha value is -1.30. The van der Waals surface area contributed by atoms with Crippen molar-refractivity contribution in [3.63, 3.8) is 0 Å². The average Bonchev–Trinajstić information content (AvgIpc) is 3.14. The summed E-state index contributed by atoms with van der Waals surface area (Å²) in [6.07, 6.45) is -3.37. The number of halogens is 5. The SMILES string of the molecule is CCNC(=NCc1ccc(OCC)c(F)c1)N1CCC(CN(CC)CC(F)(F)F)C1.I. The van der Waals surface area contributed by atoms with Crippen LogP contribution in [0.15, 0.2) is 23.2 Å². The lowest BCUT2D eigenvalue weighted by Gasteiger charge is -2.26. The van der Waals surface area contributed by atoms with Crippen molar-refractivity contribution in [3.05, 3.63) is 29.6 Å². The van der Waals surface area contributed by atoms with Crippen molar-refractivity contribution >= 4 is 29.9 Å². The largest absolute Gasteiger partial charge is 0.491 e. The molecule has 0 saturated carbocycles. The van der Waals surface area contributed by atoms with Gasteiger partial charge >= 0.3 is 6.18 Å². The van der Waals surface area contributed by atoms with Crippen LogP contribution in [0, 0.1) is 11.7 Å². The van der Waals surface area contributed by atoms with Gasteiger partial charge in [0.1, 0.15) is 0 Å². The van der Waals surface area contributed by atoms with Gasteiger partial charge < -0.3 is 15.0 Å². The molecule has 2 rings (SSSR count). The quantitative estimate of drug-likeness (QED) is 0.209. The molecule has 1 aromatic carbocycles. The number of guanidine groups is 1. The third-order valence-electron chi connectivity index (χ3n) is 4.99. The third kappa shape index (κ3) is 9.38. The van der Waals surface area contributed by atoms with Crippen molar-refractivity contribution in [2.75, 3.05) is 45.9 Å². The number of hydrogen-bond acceptors (Lipinski definition) is 3. The van der Waals surface area contributed by atoms with Crippen LogP contribution in [0.2, 0.25) is 0 Å². The zero-order valence-electron chi connectivity index (χ0n) is 18.3. The van der Waals surface area contributed by atoms with Crippen LogP contribution in [0.4, 0.5) is 17.6 Å². The zero-order chi connectivity index (χ0) is 22.1. The Bertz CT molecular complexity index is 702.